The van der Waals surface area contributed by atoms with Crippen LogP contribution in [-0.4, -0.2) is 9.36 Å². The topological polar surface area (TPSA) is 26.9 Å². The molecule has 0 unspecified atom stereocenters. The van der Waals surface area contributed by atoms with E-state index >= 15 is 0 Å². The molecular weight excluding hydrogens is 128 g/mol. The van der Waals surface area contributed by atoms with Gasteiger partial charge in [0.15, 0.2) is 0 Å². The van der Waals surface area contributed by atoms with E-state index in [4.69, 9.17) is 0 Å². The third-order valence-corrected chi connectivity index (χ3v) is 1.58. The molecule has 0 fully saturated rings. The smallest absolute Gasteiger partial charge is 0.266 e. The van der Waals surface area contributed by atoms with Crippen molar-refractivity contribution in [3.8, 4) is 0 Å². The molecule has 0 bridgehead atoms. The van der Waals surface area contributed by atoms with Crippen LogP contribution >= 0.6 is 0 Å². The van der Waals surface area contributed by atoms with E-state index in [-0.39, 0.29) is 5.56 Å². The van der Waals surface area contributed by atoms with Crippen LogP contribution in [0.3, 0.4) is 0 Å². The number of hydrogen-bond donors (Lipinski definition) is 0. The number of rotatable bonds is 2. The fraction of sp³-hybridized carbons (Fsp3) is 0.571. The Balaban J connectivity index is 3.13. The second-order valence-corrected chi connectivity index (χ2v) is 2.13. The summed E-state index contributed by atoms with van der Waals surface area (Å²) < 4.78 is 3.61. The molecule has 0 aliphatic heterocycles. The first-order valence-electron chi connectivity index (χ1n) is 3.55. The second-order valence-electron chi connectivity index (χ2n) is 2.13. The molecule has 0 aliphatic rings. The Labute approximate surface area is 59.9 Å². The molecular formula is C7H12N2O. The summed E-state index contributed by atoms with van der Waals surface area (Å²) in [5, 5.41) is 0. The minimum atomic E-state index is 0.0874. The molecule has 1 aromatic heterocycles. The fourth-order valence-corrected chi connectivity index (χ4v) is 1.06. The maximum Gasteiger partial charge on any atom is 0.266 e. The molecule has 0 aliphatic carbocycles. The molecule has 56 valence electrons. The van der Waals surface area contributed by atoms with E-state index in [9.17, 15) is 4.79 Å². The molecule has 0 radical (unpaired) electrons. The van der Waals surface area contributed by atoms with Crippen LogP contribution in [0, 0.1) is 0 Å². The second kappa shape index (κ2) is 2.73. The summed E-state index contributed by atoms with van der Waals surface area (Å²) in [6.45, 7) is 5.59. The van der Waals surface area contributed by atoms with Gasteiger partial charge in [-0.1, -0.05) is 0 Å². The molecule has 0 N–H and O–H groups in total. The van der Waals surface area contributed by atoms with Gasteiger partial charge in [-0.05, 0) is 13.8 Å². The van der Waals surface area contributed by atoms with Gasteiger partial charge in [0.1, 0.15) is 0 Å². The lowest BCUT2D eigenvalue weighted by Crippen LogP contribution is -2.20. The van der Waals surface area contributed by atoms with E-state index in [1.807, 2.05) is 24.7 Å². The van der Waals surface area contributed by atoms with E-state index in [1.165, 1.54) is 0 Å². The van der Waals surface area contributed by atoms with Crippen molar-refractivity contribution >= 4 is 0 Å². The van der Waals surface area contributed by atoms with E-state index in [0.29, 0.717) is 0 Å². The van der Waals surface area contributed by atoms with Gasteiger partial charge in [0, 0.05) is 25.4 Å². The van der Waals surface area contributed by atoms with Crippen LogP contribution in [0.1, 0.15) is 13.8 Å². The molecule has 10 heavy (non-hydrogen) atoms. The zero-order chi connectivity index (χ0) is 7.56. The first-order chi connectivity index (χ1) is 4.79. The molecule has 0 saturated carbocycles. The molecule has 0 atom stereocenters. The van der Waals surface area contributed by atoms with Crippen LogP contribution < -0.4 is 5.56 Å². The van der Waals surface area contributed by atoms with Gasteiger partial charge in [-0.25, -0.2) is 0 Å². The summed E-state index contributed by atoms with van der Waals surface area (Å²) in [7, 11) is 0. The van der Waals surface area contributed by atoms with Crippen molar-refractivity contribution in [3.63, 3.8) is 0 Å². The summed E-state index contributed by atoms with van der Waals surface area (Å²) in [5.74, 6) is 0. The van der Waals surface area contributed by atoms with Gasteiger partial charge in [0.05, 0.1) is 0 Å². The molecule has 0 saturated heterocycles. The van der Waals surface area contributed by atoms with Crippen molar-refractivity contribution < 1.29 is 0 Å². The molecule has 3 nitrogen and oxygen atoms in total. The first-order valence-corrected chi connectivity index (χ1v) is 3.55. The van der Waals surface area contributed by atoms with Gasteiger partial charge >= 0.3 is 0 Å². The first kappa shape index (κ1) is 7.12. The van der Waals surface area contributed by atoms with Gasteiger partial charge in [0.25, 0.3) is 5.56 Å². The standard InChI is InChI=1S/C7H12N2O/c1-3-8-6-5-7(10)9(8)4-2/h5-6H,3-4H2,1-2H3. The molecule has 0 aromatic carbocycles. The monoisotopic (exact) mass is 140 g/mol. The summed E-state index contributed by atoms with van der Waals surface area (Å²) >= 11 is 0. The number of hydrogen-bond acceptors (Lipinski definition) is 1. The van der Waals surface area contributed by atoms with Gasteiger partial charge < -0.3 is 0 Å². The molecule has 0 spiro atoms. The van der Waals surface area contributed by atoms with Crippen molar-refractivity contribution in [2.24, 2.45) is 0 Å². The highest BCUT2D eigenvalue weighted by Gasteiger charge is 1.96. The predicted octanol–water partition coefficient (Wildman–Crippen LogP) is 0.690. The Morgan fingerprint density at radius 1 is 1.40 bits per heavy atom. The zero-order valence-electron chi connectivity index (χ0n) is 6.37. The summed E-state index contributed by atoms with van der Waals surface area (Å²) in [6, 6.07) is 1.59. The third kappa shape index (κ3) is 0.988. The Hall–Kier alpha value is -0.990. The van der Waals surface area contributed by atoms with Crippen molar-refractivity contribution in [1.82, 2.24) is 9.36 Å². The minimum Gasteiger partial charge on any atom is -0.290 e. The highest BCUT2D eigenvalue weighted by atomic mass is 16.1. The predicted molar refractivity (Wildman–Crippen MR) is 40.0 cm³/mol. The molecule has 3 heteroatoms. The zero-order valence-corrected chi connectivity index (χ0v) is 6.37. The summed E-state index contributed by atoms with van der Waals surface area (Å²) in [5.41, 5.74) is 0.0874. The quantitative estimate of drug-likeness (QED) is 0.593. The minimum absolute atomic E-state index is 0.0874. The average molecular weight is 140 g/mol. The molecule has 0 amide bonds. The summed E-state index contributed by atoms with van der Waals surface area (Å²) in [6.07, 6.45) is 1.81. The van der Waals surface area contributed by atoms with Crippen LogP contribution in [0.25, 0.3) is 0 Å². The highest BCUT2D eigenvalue weighted by Crippen LogP contribution is 1.84. The SMILES string of the molecule is CCn1ccc(=O)n1CC. The Morgan fingerprint density at radius 3 is 2.50 bits per heavy atom. The van der Waals surface area contributed by atoms with Crippen LogP contribution in [-0.2, 0) is 13.1 Å². The van der Waals surface area contributed by atoms with E-state index in [0.717, 1.165) is 13.1 Å². The van der Waals surface area contributed by atoms with E-state index in [1.54, 1.807) is 10.7 Å². The molecule has 1 rings (SSSR count). The lowest BCUT2D eigenvalue weighted by Gasteiger charge is -2.04. The number of aromatic nitrogens is 2. The average Bonchev–Trinajstić information content (AvgIpc) is 2.30. The van der Waals surface area contributed by atoms with Crippen LogP contribution in [0.2, 0.25) is 0 Å². The Morgan fingerprint density at radius 2 is 2.10 bits per heavy atom. The van der Waals surface area contributed by atoms with Crippen molar-refractivity contribution in [2.75, 3.05) is 0 Å². The van der Waals surface area contributed by atoms with E-state index in [2.05, 4.69) is 0 Å². The largest absolute Gasteiger partial charge is 0.290 e. The Bertz CT molecular complexity index is 259. The third-order valence-electron chi connectivity index (χ3n) is 1.58. The van der Waals surface area contributed by atoms with Crippen LogP contribution in [0.5, 0.6) is 0 Å². The van der Waals surface area contributed by atoms with Crippen LogP contribution in [0.4, 0.5) is 0 Å². The highest BCUT2D eigenvalue weighted by molar-refractivity contribution is 4.83. The maximum atomic E-state index is 11.0. The van der Waals surface area contributed by atoms with Crippen LogP contribution in [0.15, 0.2) is 17.1 Å². The van der Waals surface area contributed by atoms with Gasteiger partial charge in [-0.3, -0.25) is 14.2 Å². The number of aryl methyl sites for hydroxylation is 1. The van der Waals surface area contributed by atoms with Crippen molar-refractivity contribution in [2.45, 2.75) is 26.9 Å². The maximum absolute atomic E-state index is 11.0. The Kier molecular flexibility index (Phi) is 1.94. The van der Waals surface area contributed by atoms with Gasteiger partial charge in [0.2, 0.25) is 0 Å². The van der Waals surface area contributed by atoms with Gasteiger partial charge in [-0.15, -0.1) is 0 Å². The van der Waals surface area contributed by atoms with E-state index < -0.39 is 0 Å². The lowest BCUT2D eigenvalue weighted by atomic mass is 10.7. The fourth-order valence-electron chi connectivity index (χ4n) is 1.06. The lowest BCUT2D eigenvalue weighted by molar-refractivity contribution is 0.477. The van der Waals surface area contributed by atoms with Gasteiger partial charge in [-0.2, -0.15) is 0 Å². The molecule has 1 aromatic rings. The molecule has 1 heterocycles. The number of nitrogens with zero attached hydrogens (tertiary/aromatic N) is 2. The summed E-state index contributed by atoms with van der Waals surface area (Å²) in [4.78, 5) is 11.0. The van der Waals surface area contributed by atoms with Crippen molar-refractivity contribution in [1.29, 1.82) is 0 Å². The van der Waals surface area contributed by atoms with Crippen molar-refractivity contribution in [3.05, 3.63) is 22.6 Å². The normalized spacial score (nSPS) is 10.2.